The highest BCUT2D eigenvalue weighted by Crippen LogP contribution is 2.28. The molecule has 0 saturated heterocycles. The minimum Gasteiger partial charge on any atom is -0.331 e. The van der Waals surface area contributed by atoms with Gasteiger partial charge in [0.1, 0.15) is 5.52 Å². The second-order valence-electron chi connectivity index (χ2n) is 6.94. The van der Waals surface area contributed by atoms with Crippen LogP contribution in [0.15, 0.2) is 24.8 Å². The van der Waals surface area contributed by atoms with E-state index >= 15 is 0 Å². The molecule has 0 unspecified atom stereocenters. The maximum absolute atomic E-state index is 4.39. The van der Waals surface area contributed by atoms with Gasteiger partial charge in [-0.3, -0.25) is 4.98 Å². The van der Waals surface area contributed by atoms with Crippen LogP contribution in [0.4, 0.5) is 0 Å². The van der Waals surface area contributed by atoms with Crippen LogP contribution < -0.4 is 0 Å². The maximum Gasteiger partial charge on any atom is 0.151 e. The molecule has 0 radical (unpaired) electrons. The second kappa shape index (κ2) is 7.72. The van der Waals surface area contributed by atoms with Gasteiger partial charge in [0, 0.05) is 19.2 Å². The van der Waals surface area contributed by atoms with E-state index in [0.717, 1.165) is 42.7 Å². The smallest absolute Gasteiger partial charge is 0.151 e. The molecule has 7 heteroatoms. The molecular weight excluding hydrogens is 314 g/mol. The molecule has 3 aromatic rings. The zero-order valence-corrected chi connectivity index (χ0v) is 14.6. The molecule has 1 aliphatic carbocycles. The van der Waals surface area contributed by atoms with Gasteiger partial charge in [-0.2, -0.15) is 0 Å². The number of hydrogen-bond acceptors (Lipinski definition) is 5. The summed E-state index contributed by atoms with van der Waals surface area (Å²) < 4.78 is 4.30. The third kappa shape index (κ3) is 3.70. The summed E-state index contributed by atoms with van der Waals surface area (Å²) in [6.07, 6.45) is 16.4. The zero-order valence-electron chi connectivity index (χ0n) is 14.6. The topological polar surface area (TPSA) is 74.3 Å². The van der Waals surface area contributed by atoms with Gasteiger partial charge in [-0.25, -0.2) is 9.67 Å². The monoisotopic (exact) mass is 339 g/mol. The molecule has 1 aliphatic rings. The Balaban J connectivity index is 1.25. The summed E-state index contributed by atoms with van der Waals surface area (Å²) in [5.41, 5.74) is 2.13. The lowest BCUT2D eigenvalue weighted by Crippen LogP contribution is -2.17. The van der Waals surface area contributed by atoms with Gasteiger partial charge < -0.3 is 4.57 Å². The number of rotatable bonds is 7. The number of tetrazole rings is 1. The molecule has 0 aliphatic heterocycles. The summed E-state index contributed by atoms with van der Waals surface area (Å²) in [6.45, 7) is 0.994. The molecule has 0 spiro atoms. The number of aromatic nitrogens is 7. The average Bonchev–Trinajstić information content (AvgIpc) is 3.29. The van der Waals surface area contributed by atoms with Crippen molar-refractivity contribution in [2.75, 3.05) is 0 Å². The normalized spacial score (nSPS) is 15.8. The van der Waals surface area contributed by atoms with Crippen molar-refractivity contribution in [3.8, 4) is 0 Å². The first-order valence-corrected chi connectivity index (χ1v) is 9.43. The summed E-state index contributed by atoms with van der Waals surface area (Å²) >= 11 is 0. The Kier molecular flexibility index (Phi) is 4.99. The lowest BCUT2D eigenvalue weighted by Gasteiger charge is -2.22. The lowest BCUT2D eigenvalue weighted by atomic mass is 9.95. The Morgan fingerprint density at radius 2 is 2.00 bits per heavy atom. The van der Waals surface area contributed by atoms with Gasteiger partial charge in [-0.15, -0.1) is 5.10 Å². The highest BCUT2D eigenvalue weighted by molar-refractivity contribution is 5.73. The molecule has 0 amide bonds. The largest absolute Gasteiger partial charge is 0.331 e. The van der Waals surface area contributed by atoms with Crippen LogP contribution in [0, 0.1) is 0 Å². The van der Waals surface area contributed by atoms with Crippen molar-refractivity contribution in [2.45, 2.75) is 70.4 Å². The van der Waals surface area contributed by atoms with Gasteiger partial charge in [0.05, 0.1) is 24.1 Å². The fraction of sp³-hybridized carbons (Fsp3) is 0.611. The third-order valence-electron chi connectivity index (χ3n) is 5.20. The zero-order chi connectivity index (χ0) is 16.9. The number of aryl methyl sites for hydroxylation is 2. The number of hydrogen-bond donors (Lipinski definition) is 0. The van der Waals surface area contributed by atoms with Gasteiger partial charge in [-0.05, 0) is 42.2 Å². The van der Waals surface area contributed by atoms with Gasteiger partial charge >= 0.3 is 0 Å². The second-order valence-corrected chi connectivity index (χ2v) is 6.94. The third-order valence-corrected chi connectivity index (χ3v) is 5.20. The van der Waals surface area contributed by atoms with E-state index in [0.29, 0.717) is 6.04 Å². The van der Waals surface area contributed by atoms with E-state index in [1.807, 2.05) is 24.8 Å². The van der Waals surface area contributed by atoms with Crippen molar-refractivity contribution in [1.29, 1.82) is 0 Å². The van der Waals surface area contributed by atoms with Crippen LogP contribution in [-0.2, 0) is 13.0 Å². The van der Waals surface area contributed by atoms with Crippen molar-refractivity contribution in [3.63, 3.8) is 0 Å². The van der Waals surface area contributed by atoms with E-state index in [1.54, 1.807) is 0 Å². The van der Waals surface area contributed by atoms with E-state index in [9.17, 15) is 0 Å². The van der Waals surface area contributed by atoms with Crippen LogP contribution in [0.3, 0.4) is 0 Å². The first-order chi connectivity index (χ1) is 12.4. The summed E-state index contributed by atoms with van der Waals surface area (Å²) in [5.74, 6) is 1.06. The van der Waals surface area contributed by atoms with Crippen molar-refractivity contribution in [1.82, 2.24) is 34.7 Å². The average molecular weight is 339 g/mol. The summed E-state index contributed by atoms with van der Waals surface area (Å²) in [6, 6.07) is 2.55. The number of unbranched alkanes of at least 4 members (excludes halogenated alkanes) is 2. The minimum absolute atomic E-state index is 0.518. The van der Waals surface area contributed by atoms with E-state index in [2.05, 4.69) is 34.7 Å². The van der Waals surface area contributed by atoms with Crippen molar-refractivity contribution >= 4 is 11.0 Å². The van der Waals surface area contributed by atoms with E-state index in [1.165, 1.54) is 38.5 Å². The van der Waals surface area contributed by atoms with E-state index in [-0.39, 0.29) is 0 Å². The van der Waals surface area contributed by atoms with Crippen LogP contribution in [0.2, 0.25) is 0 Å². The Morgan fingerprint density at radius 1 is 1.08 bits per heavy atom. The maximum atomic E-state index is 4.39. The first-order valence-electron chi connectivity index (χ1n) is 9.43. The SMILES string of the molecule is c1cc2c(cn1)ncn2CCCCCc1nnnn1C1CCCCC1. The molecule has 0 aromatic carbocycles. The Hall–Kier alpha value is -2.31. The van der Waals surface area contributed by atoms with E-state index < -0.39 is 0 Å². The fourth-order valence-corrected chi connectivity index (χ4v) is 3.82. The van der Waals surface area contributed by atoms with Crippen LogP contribution >= 0.6 is 0 Å². The van der Waals surface area contributed by atoms with Gasteiger partial charge in [0.25, 0.3) is 0 Å². The molecule has 7 nitrogen and oxygen atoms in total. The molecule has 4 rings (SSSR count). The van der Waals surface area contributed by atoms with Crippen molar-refractivity contribution < 1.29 is 0 Å². The molecule has 0 bridgehead atoms. The summed E-state index contributed by atoms with van der Waals surface area (Å²) in [4.78, 5) is 8.51. The van der Waals surface area contributed by atoms with Crippen LogP contribution in [0.5, 0.6) is 0 Å². The number of nitrogens with zero attached hydrogens (tertiary/aromatic N) is 7. The Morgan fingerprint density at radius 3 is 2.92 bits per heavy atom. The highest BCUT2D eigenvalue weighted by Gasteiger charge is 2.19. The molecule has 25 heavy (non-hydrogen) atoms. The molecule has 1 saturated carbocycles. The highest BCUT2D eigenvalue weighted by atomic mass is 15.5. The molecule has 132 valence electrons. The summed E-state index contributed by atoms with van der Waals surface area (Å²) in [5, 5.41) is 12.4. The molecule has 3 aromatic heterocycles. The van der Waals surface area contributed by atoms with Gasteiger partial charge in [0.15, 0.2) is 5.82 Å². The van der Waals surface area contributed by atoms with Crippen LogP contribution in [-0.4, -0.2) is 34.7 Å². The molecule has 0 N–H and O–H groups in total. The predicted molar refractivity (Wildman–Crippen MR) is 95.0 cm³/mol. The number of fused-ring (bicyclic) bond motifs is 1. The quantitative estimate of drug-likeness (QED) is 0.617. The predicted octanol–water partition coefficient (Wildman–Crippen LogP) is 3.34. The molecule has 0 atom stereocenters. The number of pyridine rings is 1. The Bertz CT molecular complexity index is 800. The standard InChI is InChI=1S/C18H25N7/c1-3-7-15(8-4-1)25-18(21-22-23-25)9-5-2-6-12-24-14-20-16-13-19-11-10-17(16)24/h10-11,13-15H,1-9,12H2. The summed E-state index contributed by atoms with van der Waals surface area (Å²) in [7, 11) is 0. The molecule has 1 fully saturated rings. The molecule has 3 heterocycles. The van der Waals surface area contributed by atoms with Crippen molar-refractivity contribution in [3.05, 3.63) is 30.6 Å². The van der Waals surface area contributed by atoms with E-state index in [4.69, 9.17) is 0 Å². The minimum atomic E-state index is 0.518. The molecular formula is C18H25N7. The van der Waals surface area contributed by atoms with Gasteiger partial charge in [0.2, 0.25) is 0 Å². The van der Waals surface area contributed by atoms with Gasteiger partial charge in [-0.1, -0.05) is 25.7 Å². The lowest BCUT2D eigenvalue weighted by molar-refractivity contribution is 0.316. The first kappa shape index (κ1) is 16.2. The van der Waals surface area contributed by atoms with Crippen LogP contribution in [0.25, 0.3) is 11.0 Å². The fourth-order valence-electron chi connectivity index (χ4n) is 3.82. The Labute approximate surface area is 147 Å². The number of imidazole rings is 1. The van der Waals surface area contributed by atoms with Crippen molar-refractivity contribution in [2.24, 2.45) is 0 Å². The van der Waals surface area contributed by atoms with Crippen LogP contribution in [0.1, 0.15) is 63.2 Å².